The smallest absolute Gasteiger partial charge is 0.121 e. The first-order chi connectivity index (χ1) is 11.1. The van der Waals surface area contributed by atoms with Gasteiger partial charge in [0.2, 0.25) is 0 Å². The molecule has 0 aliphatic heterocycles. The zero-order valence-corrected chi connectivity index (χ0v) is 14.3. The van der Waals surface area contributed by atoms with Crippen molar-refractivity contribution in [3.8, 4) is 0 Å². The highest BCUT2D eigenvalue weighted by Gasteiger charge is 2.53. The van der Waals surface area contributed by atoms with Crippen LogP contribution in [0.15, 0.2) is 48.5 Å². The Labute approximate surface area is 139 Å². The number of benzene rings is 2. The largest absolute Gasteiger partial charge is 0.364 e. The average Bonchev–Trinajstić information content (AvgIpc) is 2.56. The lowest BCUT2D eigenvalue weighted by Gasteiger charge is -2.53. The van der Waals surface area contributed by atoms with Crippen molar-refractivity contribution in [2.75, 3.05) is 27.2 Å². The average molecular weight is 307 g/mol. The zero-order valence-electron chi connectivity index (χ0n) is 14.3. The lowest BCUT2D eigenvalue weighted by Crippen LogP contribution is -2.48. The van der Waals surface area contributed by atoms with Gasteiger partial charge < -0.3 is 9.64 Å². The SMILES string of the molecule is CC1CC2c3ccccc3C1(OCCN(C)C)c1ccccc12. The molecule has 0 fully saturated rings. The van der Waals surface area contributed by atoms with E-state index in [1.165, 1.54) is 28.7 Å². The van der Waals surface area contributed by atoms with Crippen molar-refractivity contribution in [3.63, 3.8) is 0 Å². The van der Waals surface area contributed by atoms with E-state index in [0.717, 1.165) is 13.2 Å². The number of hydrogen-bond acceptors (Lipinski definition) is 2. The van der Waals surface area contributed by atoms with Crippen LogP contribution in [-0.2, 0) is 10.3 Å². The van der Waals surface area contributed by atoms with Crippen LogP contribution in [0.4, 0.5) is 0 Å². The predicted molar refractivity (Wildman–Crippen MR) is 93.8 cm³/mol. The molecule has 2 aromatic rings. The highest BCUT2D eigenvalue weighted by Crippen LogP contribution is 2.59. The fourth-order valence-corrected chi connectivity index (χ4v) is 4.58. The van der Waals surface area contributed by atoms with Crippen molar-refractivity contribution in [1.29, 1.82) is 0 Å². The first-order valence-corrected chi connectivity index (χ1v) is 8.62. The number of nitrogens with zero attached hydrogens (tertiary/aromatic N) is 1. The van der Waals surface area contributed by atoms with Gasteiger partial charge in [-0.2, -0.15) is 0 Å². The van der Waals surface area contributed by atoms with Crippen LogP contribution in [0.3, 0.4) is 0 Å². The fourth-order valence-electron chi connectivity index (χ4n) is 4.58. The van der Waals surface area contributed by atoms with E-state index in [-0.39, 0.29) is 5.60 Å². The number of fused-ring (bicyclic) bond motifs is 1. The second-order valence-corrected chi connectivity index (χ2v) is 7.25. The molecule has 23 heavy (non-hydrogen) atoms. The molecule has 2 aromatic carbocycles. The summed E-state index contributed by atoms with van der Waals surface area (Å²) in [6.07, 6.45) is 1.18. The van der Waals surface area contributed by atoms with Gasteiger partial charge in [-0.15, -0.1) is 0 Å². The van der Waals surface area contributed by atoms with Crippen LogP contribution < -0.4 is 0 Å². The van der Waals surface area contributed by atoms with Crippen LogP contribution >= 0.6 is 0 Å². The van der Waals surface area contributed by atoms with Crippen LogP contribution in [-0.4, -0.2) is 32.1 Å². The van der Waals surface area contributed by atoms with E-state index in [0.29, 0.717) is 11.8 Å². The molecule has 2 nitrogen and oxygen atoms in total. The summed E-state index contributed by atoms with van der Waals surface area (Å²) in [6, 6.07) is 17.8. The molecule has 0 spiro atoms. The summed E-state index contributed by atoms with van der Waals surface area (Å²) in [5.74, 6) is 1.02. The van der Waals surface area contributed by atoms with E-state index in [1.54, 1.807) is 0 Å². The van der Waals surface area contributed by atoms with Gasteiger partial charge >= 0.3 is 0 Å². The van der Waals surface area contributed by atoms with Gasteiger partial charge in [0.25, 0.3) is 0 Å². The van der Waals surface area contributed by atoms with E-state index in [1.807, 2.05) is 0 Å². The third-order valence-electron chi connectivity index (χ3n) is 5.62. The van der Waals surface area contributed by atoms with Gasteiger partial charge in [0.15, 0.2) is 0 Å². The summed E-state index contributed by atoms with van der Waals surface area (Å²) < 4.78 is 6.69. The maximum Gasteiger partial charge on any atom is 0.121 e. The third kappa shape index (κ3) is 2.09. The topological polar surface area (TPSA) is 12.5 Å². The van der Waals surface area contributed by atoms with E-state index in [2.05, 4.69) is 74.4 Å². The lowest BCUT2D eigenvalue weighted by molar-refractivity contribution is -0.0776. The first-order valence-electron chi connectivity index (χ1n) is 8.62. The number of likely N-dealkylation sites (N-methyl/N-ethyl adjacent to an activating group) is 1. The molecule has 2 heteroatoms. The predicted octanol–water partition coefficient (Wildman–Crippen LogP) is 3.99. The molecule has 0 saturated carbocycles. The molecule has 0 aromatic heterocycles. The highest BCUT2D eigenvalue weighted by atomic mass is 16.5. The zero-order chi connectivity index (χ0) is 16.0. The Hall–Kier alpha value is -1.64. The van der Waals surface area contributed by atoms with Crippen molar-refractivity contribution in [3.05, 3.63) is 70.8 Å². The standard InChI is InChI=1S/C21H25NO/c1-15-14-18-16-8-4-6-10-19(16)21(15,23-13-12-22(2)3)20-11-7-5-9-17(18)20/h4-11,15,18H,12-14H2,1-3H3. The van der Waals surface area contributed by atoms with Gasteiger partial charge in [-0.1, -0.05) is 55.5 Å². The monoisotopic (exact) mass is 307 g/mol. The van der Waals surface area contributed by atoms with Crippen molar-refractivity contribution >= 4 is 0 Å². The first kappa shape index (κ1) is 14.9. The lowest BCUT2D eigenvalue weighted by atomic mass is 9.57. The summed E-state index contributed by atoms with van der Waals surface area (Å²) in [5, 5.41) is 0. The third-order valence-corrected chi connectivity index (χ3v) is 5.62. The Morgan fingerprint density at radius 3 is 2.13 bits per heavy atom. The minimum atomic E-state index is -0.280. The van der Waals surface area contributed by atoms with Gasteiger partial charge in [-0.25, -0.2) is 0 Å². The molecule has 120 valence electrons. The van der Waals surface area contributed by atoms with Gasteiger partial charge in [0, 0.05) is 12.5 Å². The van der Waals surface area contributed by atoms with Crippen LogP contribution in [0.2, 0.25) is 0 Å². The van der Waals surface area contributed by atoms with Crippen LogP contribution in [0.5, 0.6) is 0 Å². The Bertz CT molecular complexity index is 674. The molecule has 5 rings (SSSR count). The van der Waals surface area contributed by atoms with E-state index >= 15 is 0 Å². The Balaban J connectivity index is 1.87. The second kappa shape index (κ2) is 5.47. The van der Waals surface area contributed by atoms with Crippen LogP contribution in [0, 0.1) is 5.92 Å². The molecule has 3 aliphatic rings. The normalized spacial score (nSPS) is 27.8. The maximum absolute atomic E-state index is 6.69. The molecule has 1 atom stereocenters. The fraction of sp³-hybridized carbons (Fsp3) is 0.429. The van der Waals surface area contributed by atoms with Crippen molar-refractivity contribution < 1.29 is 4.74 Å². The minimum Gasteiger partial charge on any atom is -0.364 e. The Kier molecular flexibility index (Phi) is 3.55. The molecule has 0 heterocycles. The number of ether oxygens (including phenoxy) is 1. The molecule has 1 unspecified atom stereocenters. The van der Waals surface area contributed by atoms with E-state index < -0.39 is 0 Å². The maximum atomic E-state index is 6.69. The summed E-state index contributed by atoms with van der Waals surface area (Å²) in [5.41, 5.74) is 5.43. The molecule has 0 radical (unpaired) electrons. The van der Waals surface area contributed by atoms with Gasteiger partial charge in [-0.3, -0.25) is 0 Å². The number of hydrogen-bond donors (Lipinski definition) is 0. The Morgan fingerprint density at radius 1 is 1.00 bits per heavy atom. The van der Waals surface area contributed by atoms with Crippen molar-refractivity contribution in [2.45, 2.75) is 24.9 Å². The van der Waals surface area contributed by atoms with E-state index in [4.69, 9.17) is 4.74 Å². The molecule has 2 bridgehead atoms. The Morgan fingerprint density at radius 2 is 1.57 bits per heavy atom. The summed E-state index contributed by atoms with van der Waals surface area (Å²) in [7, 11) is 4.20. The minimum absolute atomic E-state index is 0.280. The van der Waals surface area contributed by atoms with Gasteiger partial charge in [0.05, 0.1) is 6.61 Å². The van der Waals surface area contributed by atoms with Gasteiger partial charge in [0.1, 0.15) is 5.60 Å². The van der Waals surface area contributed by atoms with Crippen LogP contribution in [0.1, 0.15) is 41.5 Å². The van der Waals surface area contributed by atoms with Crippen LogP contribution in [0.25, 0.3) is 0 Å². The van der Waals surface area contributed by atoms with Crippen molar-refractivity contribution in [2.24, 2.45) is 5.92 Å². The second-order valence-electron chi connectivity index (χ2n) is 7.25. The van der Waals surface area contributed by atoms with Gasteiger partial charge in [-0.05, 0) is 48.7 Å². The summed E-state index contributed by atoms with van der Waals surface area (Å²) in [6.45, 7) is 4.06. The summed E-state index contributed by atoms with van der Waals surface area (Å²) in [4.78, 5) is 2.19. The van der Waals surface area contributed by atoms with Crippen molar-refractivity contribution in [1.82, 2.24) is 4.90 Å². The molecular formula is C21H25NO. The summed E-state index contributed by atoms with van der Waals surface area (Å²) >= 11 is 0. The van der Waals surface area contributed by atoms with E-state index in [9.17, 15) is 0 Å². The quantitative estimate of drug-likeness (QED) is 0.847. The molecule has 0 saturated heterocycles. The molecular weight excluding hydrogens is 282 g/mol. The highest BCUT2D eigenvalue weighted by molar-refractivity contribution is 5.58. The molecule has 3 aliphatic carbocycles. The number of rotatable bonds is 4. The molecule has 0 N–H and O–H groups in total. The molecule has 0 amide bonds.